The molecule has 1 aliphatic heterocycles. The van der Waals surface area contributed by atoms with Crippen LogP contribution in [0.2, 0.25) is 5.15 Å². The monoisotopic (exact) mass is 268 g/mol. The second-order valence-electron chi connectivity index (χ2n) is 4.24. The standard InChI is InChI=1S/C11H13ClN4O2/c12-10-8(6-17)14-7-5-13-16(11(7)15-10)9-3-1-2-4-18-9/h5,9,17H,1-4,6H2. The van der Waals surface area contributed by atoms with Gasteiger partial charge in [-0.1, -0.05) is 11.6 Å². The van der Waals surface area contributed by atoms with E-state index in [1.54, 1.807) is 10.9 Å². The second-order valence-corrected chi connectivity index (χ2v) is 4.60. The van der Waals surface area contributed by atoms with Gasteiger partial charge in [0.05, 0.1) is 12.8 Å². The average molecular weight is 269 g/mol. The first-order chi connectivity index (χ1) is 8.79. The Kier molecular flexibility index (Phi) is 3.15. The van der Waals surface area contributed by atoms with Crippen LogP contribution in [0.5, 0.6) is 0 Å². The maximum Gasteiger partial charge on any atom is 0.180 e. The molecule has 0 aromatic carbocycles. The summed E-state index contributed by atoms with van der Waals surface area (Å²) >= 11 is 5.96. The van der Waals surface area contributed by atoms with Crippen LogP contribution < -0.4 is 0 Å². The molecule has 0 aliphatic carbocycles. The van der Waals surface area contributed by atoms with Crippen molar-refractivity contribution in [1.82, 2.24) is 19.7 Å². The summed E-state index contributed by atoms with van der Waals surface area (Å²) in [6, 6.07) is 0. The van der Waals surface area contributed by atoms with E-state index in [1.165, 1.54) is 0 Å². The third kappa shape index (κ3) is 1.96. The van der Waals surface area contributed by atoms with E-state index in [9.17, 15) is 0 Å². The van der Waals surface area contributed by atoms with Gasteiger partial charge in [0, 0.05) is 6.61 Å². The molecule has 0 radical (unpaired) electrons. The summed E-state index contributed by atoms with van der Waals surface area (Å²) in [4.78, 5) is 8.47. The number of ether oxygens (including phenoxy) is 1. The molecule has 3 rings (SSSR count). The van der Waals surface area contributed by atoms with E-state index in [2.05, 4.69) is 15.1 Å². The molecule has 0 bridgehead atoms. The van der Waals surface area contributed by atoms with Gasteiger partial charge in [-0.15, -0.1) is 0 Å². The molecule has 3 heterocycles. The van der Waals surface area contributed by atoms with Crippen LogP contribution in [0.25, 0.3) is 11.2 Å². The molecule has 1 saturated heterocycles. The van der Waals surface area contributed by atoms with Crippen molar-refractivity contribution in [2.24, 2.45) is 0 Å². The van der Waals surface area contributed by atoms with Crippen molar-refractivity contribution in [2.75, 3.05) is 6.61 Å². The molecule has 1 aliphatic rings. The molecule has 2 aromatic rings. The molecule has 1 atom stereocenters. The molecule has 6 nitrogen and oxygen atoms in total. The lowest BCUT2D eigenvalue weighted by Crippen LogP contribution is -2.19. The maximum absolute atomic E-state index is 9.09. The van der Waals surface area contributed by atoms with Gasteiger partial charge in [-0.25, -0.2) is 14.6 Å². The van der Waals surface area contributed by atoms with E-state index in [0.717, 1.165) is 25.9 Å². The topological polar surface area (TPSA) is 73.1 Å². The summed E-state index contributed by atoms with van der Waals surface area (Å²) in [6.45, 7) is 0.509. The van der Waals surface area contributed by atoms with Crippen LogP contribution in [0, 0.1) is 0 Å². The average Bonchev–Trinajstić information content (AvgIpc) is 2.81. The Morgan fingerprint density at radius 2 is 2.33 bits per heavy atom. The van der Waals surface area contributed by atoms with Crippen molar-refractivity contribution >= 4 is 22.8 Å². The van der Waals surface area contributed by atoms with E-state index in [-0.39, 0.29) is 18.0 Å². The Morgan fingerprint density at radius 1 is 1.44 bits per heavy atom. The van der Waals surface area contributed by atoms with E-state index in [4.69, 9.17) is 21.4 Å². The fraction of sp³-hybridized carbons (Fsp3) is 0.545. The van der Waals surface area contributed by atoms with Gasteiger partial charge in [-0.05, 0) is 19.3 Å². The van der Waals surface area contributed by atoms with Gasteiger partial charge in [0.2, 0.25) is 0 Å². The zero-order chi connectivity index (χ0) is 12.5. The van der Waals surface area contributed by atoms with Gasteiger partial charge in [0.25, 0.3) is 0 Å². The number of rotatable bonds is 2. The van der Waals surface area contributed by atoms with Crippen molar-refractivity contribution in [2.45, 2.75) is 32.1 Å². The number of aromatic nitrogens is 4. The van der Waals surface area contributed by atoms with Crippen LogP contribution in [0.4, 0.5) is 0 Å². The number of halogens is 1. The van der Waals surface area contributed by atoms with E-state index in [0.29, 0.717) is 16.9 Å². The fourth-order valence-corrected chi connectivity index (χ4v) is 2.29. The SMILES string of the molecule is OCc1nc2cnn(C3CCCCO3)c2nc1Cl. The maximum atomic E-state index is 9.09. The highest BCUT2D eigenvalue weighted by Crippen LogP contribution is 2.25. The molecule has 0 amide bonds. The smallest absolute Gasteiger partial charge is 0.180 e. The van der Waals surface area contributed by atoms with Crippen molar-refractivity contribution in [3.63, 3.8) is 0 Å². The fourth-order valence-electron chi connectivity index (χ4n) is 2.11. The summed E-state index contributed by atoms with van der Waals surface area (Å²) in [7, 11) is 0. The van der Waals surface area contributed by atoms with Crippen LogP contribution in [-0.4, -0.2) is 31.5 Å². The number of aliphatic hydroxyl groups excluding tert-OH is 1. The summed E-state index contributed by atoms with van der Waals surface area (Å²) < 4.78 is 7.38. The molecule has 2 aromatic heterocycles. The van der Waals surface area contributed by atoms with Crippen molar-refractivity contribution in [3.05, 3.63) is 17.0 Å². The Bertz CT molecular complexity index is 565. The third-order valence-corrected chi connectivity index (χ3v) is 3.33. The van der Waals surface area contributed by atoms with Crippen LogP contribution in [-0.2, 0) is 11.3 Å². The van der Waals surface area contributed by atoms with Crippen molar-refractivity contribution in [1.29, 1.82) is 0 Å². The molecule has 0 saturated carbocycles. The number of fused-ring (bicyclic) bond motifs is 1. The van der Waals surface area contributed by atoms with Crippen LogP contribution in [0.15, 0.2) is 6.20 Å². The highest BCUT2D eigenvalue weighted by atomic mass is 35.5. The minimum Gasteiger partial charge on any atom is -0.390 e. The van der Waals surface area contributed by atoms with Crippen LogP contribution >= 0.6 is 11.6 Å². The summed E-state index contributed by atoms with van der Waals surface area (Å²) in [5, 5.41) is 13.6. The normalized spacial score (nSPS) is 20.4. The second kappa shape index (κ2) is 4.79. The Morgan fingerprint density at radius 3 is 3.06 bits per heavy atom. The quantitative estimate of drug-likeness (QED) is 0.897. The molecule has 1 unspecified atom stereocenters. The minimum atomic E-state index is -0.229. The van der Waals surface area contributed by atoms with Crippen LogP contribution in [0.3, 0.4) is 0 Å². The molecule has 1 N–H and O–H groups in total. The van der Waals surface area contributed by atoms with Crippen molar-refractivity contribution < 1.29 is 9.84 Å². The lowest BCUT2D eigenvalue weighted by Gasteiger charge is -2.22. The molecule has 96 valence electrons. The minimum absolute atomic E-state index is 0.0957. The van der Waals surface area contributed by atoms with Gasteiger partial charge < -0.3 is 9.84 Å². The summed E-state index contributed by atoms with van der Waals surface area (Å²) in [5.74, 6) is 0. The van der Waals surface area contributed by atoms with Gasteiger partial charge in [-0.3, -0.25) is 0 Å². The molecule has 0 spiro atoms. The molecule has 1 fully saturated rings. The summed E-state index contributed by atoms with van der Waals surface area (Å²) in [5.41, 5.74) is 1.59. The van der Waals surface area contributed by atoms with Gasteiger partial charge in [-0.2, -0.15) is 5.10 Å². The zero-order valence-electron chi connectivity index (χ0n) is 9.71. The molecular weight excluding hydrogens is 256 g/mol. The highest BCUT2D eigenvalue weighted by Gasteiger charge is 2.20. The Balaban J connectivity index is 2.05. The number of hydrogen-bond donors (Lipinski definition) is 1. The van der Waals surface area contributed by atoms with E-state index >= 15 is 0 Å². The zero-order valence-corrected chi connectivity index (χ0v) is 10.5. The van der Waals surface area contributed by atoms with Gasteiger partial charge >= 0.3 is 0 Å². The number of hydrogen-bond acceptors (Lipinski definition) is 5. The Hall–Kier alpha value is -1.24. The first-order valence-electron chi connectivity index (χ1n) is 5.91. The predicted molar refractivity (Wildman–Crippen MR) is 65.1 cm³/mol. The number of aliphatic hydroxyl groups is 1. The molecule has 18 heavy (non-hydrogen) atoms. The van der Waals surface area contributed by atoms with E-state index in [1.807, 2.05) is 0 Å². The third-order valence-electron chi connectivity index (χ3n) is 3.03. The first kappa shape index (κ1) is 11.8. The largest absolute Gasteiger partial charge is 0.390 e. The highest BCUT2D eigenvalue weighted by molar-refractivity contribution is 6.30. The van der Waals surface area contributed by atoms with Gasteiger partial charge in [0.15, 0.2) is 17.0 Å². The molecular formula is C11H13ClN4O2. The molecule has 7 heteroatoms. The summed E-state index contributed by atoms with van der Waals surface area (Å²) in [6.07, 6.45) is 4.63. The van der Waals surface area contributed by atoms with Crippen molar-refractivity contribution in [3.8, 4) is 0 Å². The predicted octanol–water partition coefficient (Wildman–Crippen LogP) is 1.67. The lowest BCUT2D eigenvalue weighted by atomic mass is 10.2. The van der Waals surface area contributed by atoms with Gasteiger partial charge in [0.1, 0.15) is 11.2 Å². The lowest BCUT2D eigenvalue weighted by molar-refractivity contribution is -0.0370. The first-order valence-corrected chi connectivity index (χ1v) is 6.29. The van der Waals surface area contributed by atoms with E-state index < -0.39 is 0 Å². The Labute approximate surface area is 109 Å². The number of nitrogens with zero attached hydrogens (tertiary/aromatic N) is 4. The van der Waals surface area contributed by atoms with Crippen LogP contribution in [0.1, 0.15) is 31.2 Å².